The van der Waals surface area contributed by atoms with Crippen LogP contribution in [0.15, 0.2) is 91.0 Å². The van der Waals surface area contributed by atoms with Crippen molar-refractivity contribution < 1.29 is 19.1 Å². The molecule has 0 spiro atoms. The summed E-state index contributed by atoms with van der Waals surface area (Å²) in [5.41, 5.74) is 2.56. The Labute approximate surface area is 204 Å². The molecule has 0 radical (unpaired) electrons. The summed E-state index contributed by atoms with van der Waals surface area (Å²) in [6.07, 6.45) is 8.66. The molecule has 3 aromatic carbocycles. The molecule has 2 amide bonds. The van der Waals surface area contributed by atoms with Crippen LogP contribution in [0.5, 0.6) is 0 Å². The lowest BCUT2D eigenvalue weighted by Crippen LogP contribution is -2.47. The molecular weight excluding hydrogens is 440 g/mol. The van der Waals surface area contributed by atoms with E-state index in [1.54, 1.807) is 13.0 Å². The van der Waals surface area contributed by atoms with E-state index < -0.39 is 17.9 Å². The largest absolute Gasteiger partial charge is 0.464 e. The highest BCUT2D eigenvalue weighted by molar-refractivity contribution is 6.00. The van der Waals surface area contributed by atoms with Crippen molar-refractivity contribution in [1.29, 1.82) is 0 Å². The molecule has 4 rings (SSSR count). The maximum atomic E-state index is 12.7. The summed E-state index contributed by atoms with van der Waals surface area (Å²) in [5, 5.41) is 7.31. The van der Waals surface area contributed by atoms with Gasteiger partial charge in [-0.2, -0.15) is 0 Å². The average Bonchev–Trinajstić information content (AvgIpc) is 3.42. The summed E-state index contributed by atoms with van der Waals surface area (Å²) in [6, 6.07) is 20.2. The lowest BCUT2D eigenvalue weighted by atomic mass is 9.96. The molecule has 6 nitrogen and oxygen atoms in total. The molecule has 0 saturated heterocycles. The van der Waals surface area contributed by atoms with Crippen LogP contribution in [0.1, 0.15) is 34.3 Å². The van der Waals surface area contributed by atoms with Crippen LogP contribution in [-0.4, -0.2) is 37.0 Å². The highest BCUT2D eigenvalue weighted by Gasteiger charge is 2.23. The van der Waals surface area contributed by atoms with Crippen molar-refractivity contribution in [2.45, 2.75) is 25.3 Å². The van der Waals surface area contributed by atoms with Gasteiger partial charge in [-0.05, 0) is 41.0 Å². The fourth-order valence-corrected chi connectivity index (χ4v) is 4.06. The number of hydrogen-bond acceptors (Lipinski definition) is 4. The predicted molar refractivity (Wildman–Crippen MR) is 136 cm³/mol. The first kappa shape index (κ1) is 24.0. The van der Waals surface area contributed by atoms with Gasteiger partial charge in [0.15, 0.2) is 0 Å². The quantitative estimate of drug-likeness (QED) is 0.464. The molecule has 0 fully saturated rings. The van der Waals surface area contributed by atoms with Gasteiger partial charge >= 0.3 is 5.97 Å². The van der Waals surface area contributed by atoms with Crippen molar-refractivity contribution in [2.75, 3.05) is 13.2 Å². The van der Waals surface area contributed by atoms with Crippen LogP contribution in [-0.2, 0) is 20.7 Å². The lowest BCUT2D eigenvalue weighted by Gasteiger charge is -2.17. The second kappa shape index (κ2) is 11.3. The molecule has 1 aliphatic carbocycles. The molecule has 178 valence electrons. The summed E-state index contributed by atoms with van der Waals surface area (Å²) in [6.45, 7) is 1.68. The Morgan fingerprint density at radius 1 is 0.914 bits per heavy atom. The molecule has 0 aliphatic heterocycles. The zero-order chi connectivity index (χ0) is 24.6. The first-order valence-corrected chi connectivity index (χ1v) is 11.7. The van der Waals surface area contributed by atoms with Crippen molar-refractivity contribution in [2.24, 2.45) is 0 Å². The summed E-state index contributed by atoms with van der Waals surface area (Å²) >= 11 is 0. The second-order valence-electron chi connectivity index (χ2n) is 8.36. The topological polar surface area (TPSA) is 84.5 Å². The molecule has 1 aliphatic rings. The van der Waals surface area contributed by atoms with Crippen LogP contribution in [0.25, 0.3) is 10.8 Å². The number of rotatable bonds is 9. The van der Waals surface area contributed by atoms with Crippen LogP contribution in [0.3, 0.4) is 0 Å². The van der Waals surface area contributed by atoms with Crippen molar-refractivity contribution >= 4 is 28.6 Å². The highest BCUT2D eigenvalue weighted by atomic mass is 16.5. The van der Waals surface area contributed by atoms with Gasteiger partial charge in [0.1, 0.15) is 6.04 Å². The third-order valence-electron chi connectivity index (χ3n) is 5.86. The van der Waals surface area contributed by atoms with Crippen LogP contribution in [0.4, 0.5) is 0 Å². The number of benzene rings is 3. The lowest BCUT2D eigenvalue weighted by molar-refractivity contribution is -0.147. The third kappa shape index (κ3) is 6.23. The Balaban J connectivity index is 1.36. The normalized spacial score (nSPS) is 13.5. The molecule has 0 heterocycles. The highest BCUT2D eigenvalue weighted by Crippen LogP contribution is 2.27. The van der Waals surface area contributed by atoms with Gasteiger partial charge < -0.3 is 15.4 Å². The molecule has 0 unspecified atom stereocenters. The zero-order valence-corrected chi connectivity index (χ0v) is 19.6. The fraction of sp³-hybridized carbons (Fsp3) is 0.207. The van der Waals surface area contributed by atoms with Gasteiger partial charge in [-0.25, -0.2) is 4.79 Å². The molecular formula is C29H28N2O4. The van der Waals surface area contributed by atoms with Crippen molar-refractivity contribution in [3.63, 3.8) is 0 Å². The molecule has 2 N–H and O–H groups in total. The Kier molecular flexibility index (Phi) is 7.73. The first-order valence-electron chi connectivity index (χ1n) is 11.7. The Hall–Kier alpha value is -4.19. The minimum atomic E-state index is -0.832. The van der Waals surface area contributed by atoms with Gasteiger partial charge in [-0.1, -0.05) is 78.9 Å². The smallest absolute Gasteiger partial charge is 0.328 e. The van der Waals surface area contributed by atoms with Gasteiger partial charge in [0.2, 0.25) is 5.91 Å². The Morgan fingerprint density at radius 2 is 1.63 bits per heavy atom. The average molecular weight is 469 g/mol. The van der Waals surface area contributed by atoms with E-state index in [4.69, 9.17) is 4.74 Å². The monoisotopic (exact) mass is 468 g/mol. The minimum Gasteiger partial charge on any atom is -0.464 e. The molecule has 1 atom stereocenters. The number of hydrogen-bond donors (Lipinski definition) is 2. The van der Waals surface area contributed by atoms with Crippen molar-refractivity contribution in [3.05, 3.63) is 108 Å². The number of carbonyl (C=O) groups is 3. The van der Waals surface area contributed by atoms with Gasteiger partial charge in [0.25, 0.3) is 5.91 Å². The Bertz CT molecular complexity index is 1270. The van der Waals surface area contributed by atoms with Gasteiger partial charge in [0, 0.05) is 17.9 Å². The number of carbonyl (C=O) groups excluding carboxylic acids is 3. The van der Waals surface area contributed by atoms with Gasteiger partial charge in [-0.15, -0.1) is 0 Å². The minimum absolute atomic E-state index is 0.217. The second-order valence-corrected chi connectivity index (χ2v) is 8.36. The fourth-order valence-electron chi connectivity index (χ4n) is 4.06. The van der Waals surface area contributed by atoms with Gasteiger partial charge in [-0.3, -0.25) is 9.59 Å². The van der Waals surface area contributed by atoms with E-state index in [-0.39, 0.29) is 25.0 Å². The molecule has 3 aromatic rings. The summed E-state index contributed by atoms with van der Waals surface area (Å²) in [7, 11) is 0. The molecule has 0 bridgehead atoms. The van der Waals surface area contributed by atoms with E-state index in [2.05, 4.69) is 34.9 Å². The number of amides is 2. The third-order valence-corrected chi connectivity index (χ3v) is 5.86. The number of nitrogens with one attached hydrogen (secondary N) is 2. The number of fused-ring (bicyclic) bond motifs is 1. The van der Waals surface area contributed by atoms with Crippen LogP contribution >= 0.6 is 0 Å². The van der Waals surface area contributed by atoms with E-state index >= 15 is 0 Å². The molecule has 6 heteroatoms. The van der Waals surface area contributed by atoms with Crippen LogP contribution in [0, 0.1) is 0 Å². The number of allylic oxidation sites excluding steroid dienone is 4. The van der Waals surface area contributed by atoms with E-state index in [1.807, 2.05) is 60.7 Å². The van der Waals surface area contributed by atoms with Crippen molar-refractivity contribution in [3.8, 4) is 0 Å². The molecule has 0 aromatic heterocycles. The predicted octanol–water partition coefficient (Wildman–Crippen LogP) is 4.07. The van der Waals surface area contributed by atoms with Crippen LogP contribution < -0.4 is 10.6 Å². The number of ether oxygens (including phenoxy) is 1. The van der Waals surface area contributed by atoms with E-state index in [9.17, 15) is 14.4 Å². The maximum absolute atomic E-state index is 12.7. The number of esters is 1. The summed E-state index contributed by atoms with van der Waals surface area (Å²) < 4.78 is 5.11. The molecule has 35 heavy (non-hydrogen) atoms. The SMILES string of the molecule is CCOC(=O)[C@H](Cc1ccccc1)NC(=O)CNC(=O)c1ccc2cc(C3C=CC=C3)ccc2c1. The Morgan fingerprint density at radius 3 is 2.37 bits per heavy atom. The zero-order valence-electron chi connectivity index (χ0n) is 19.6. The van der Waals surface area contributed by atoms with Crippen LogP contribution in [0.2, 0.25) is 0 Å². The first-order chi connectivity index (χ1) is 17.0. The standard InChI is InChI=1S/C29H28N2O4/c1-2-35-29(34)26(16-20-8-4-3-5-9-20)31-27(32)19-30-28(33)25-15-14-23-17-22(12-13-24(23)18-25)21-10-6-7-11-21/h3-15,17-18,21,26H,2,16,19H2,1H3,(H,30,33)(H,31,32)/t26-/m0/s1. The maximum Gasteiger partial charge on any atom is 0.328 e. The summed E-state index contributed by atoms with van der Waals surface area (Å²) in [4.78, 5) is 37.5. The summed E-state index contributed by atoms with van der Waals surface area (Å²) in [5.74, 6) is -1.05. The van der Waals surface area contributed by atoms with Gasteiger partial charge in [0.05, 0.1) is 13.2 Å². The van der Waals surface area contributed by atoms with Crippen molar-refractivity contribution in [1.82, 2.24) is 10.6 Å². The molecule has 0 saturated carbocycles. The van der Waals surface area contributed by atoms with E-state index in [1.165, 1.54) is 5.56 Å². The van der Waals surface area contributed by atoms with E-state index in [0.29, 0.717) is 12.0 Å². The van der Waals surface area contributed by atoms with E-state index in [0.717, 1.165) is 16.3 Å².